The number of thiocarbonyl (C=S) groups is 1. The number of nitrogens with one attached hydrogen (secondary N) is 1. The molecule has 1 aliphatic heterocycles. The van der Waals surface area contributed by atoms with E-state index in [4.69, 9.17) is 12.2 Å². The summed E-state index contributed by atoms with van der Waals surface area (Å²) in [4.78, 5) is 24.7. The van der Waals surface area contributed by atoms with E-state index in [0.29, 0.717) is 5.56 Å². The molecule has 0 aromatic heterocycles. The van der Waals surface area contributed by atoms with Crippen LogP contribution in [0.1, 0.15) is 5.56 Å². The Hall–Kier alpha value is -2.21. The van der Waals surface area contributed by atoms with Gasteiger partial charge in [0.2, 0.25) is 0 Å². The van der Waals surface area contributed by atoms with E-state index in [9.17, 15) is 14.7 Å². The van der Waals surface area contributed by atoms with E-state index in [1.807, 2.05) is 0 Å². The lowest BCUT2D eigenvalue weighted by atomic mass is 10.1. The predicted octanol–water partition coefficient (Wildman–Crippen LogP) is 0.649. The first-order chi connectivity index (χ1) is 8.49. The quantitative estimate of drug-likeness (QED) is 0.443. The maximum Gasteiger partial charge on any atom is 0.265 e. The van der Waals surface area contributed by atoms with E-state index < -0.39 is 11.8 Å². The summed E-state index contributed by atoms with van der Waals surface area (Å²) in [6.45, 7) is 0. The third-order valence-electron chi connectivity index (χ3n) is 2.49. The van der Waals surface area contributed by atoms with Crippen molar-refractivity contribution in [3.05, 3.63) is 35.4 Å². The van der Waals surface area contributed by atoms with Crippen molar-refractivity contribution in [3.63, 3.8) is 0 Å². The molecule has 0 bridgehead atoms. The highest BCUT2D eigenvalue weighted by Gasteiger charge is 2.30. The van der Waals surface area contributed by atoms with Gasteiger partial charge in [-0.3, -0.25) is 19.8 Å². The zero-order chi connectivity index (χ0) is 13.3. The molecule has 2 amide bonds. The van der Waals surface area contributed by atoms with Crippen molar-refractivity contribution in [2.45, 2.75) is 0 Å². The fourth-order valence-electron chi connectivity index (χ4n) is 1.53. The van der Waals surface area contributed by atoms with Crippen molar-refractivity contribution in [1.29, 1.82) is 0 Å². The number of benzene rings is 1. The number of nitrogens with zero attached hydrogens (tertiary/aromatic N) is 1. The van der Waals surface area contributed by atoms with Crippen LogP contribution in [0.5, 0.6) is 5.75 Å². The minimum Gasteiger partial charge on any atom is -0.508 e. The second kappa shape index (κ2) is 4.58. The number of carbonyl (C=O) groups excluding carboxylic acids is 2. The number of carbonyl (C=O) groups is 2. The van der Waals surface area contributed by atoms with Crippen LogP contribution in [0.4, 0.5) is 0 Å². The lowest BCUT2D eigenvalue weighted by molar-refractivity contribution is -0.128. The van der Waals surface area contributed by atoms with Crippen molar-refractivity contribution in [3.8, 4) is 5.75 Å². The third-order valence-corrected chi connectivity index (χ3v) is 2.86. The normalized spacial score (nSPS) is 18.2. The zero-order valence-corrected chi connectivity index (χ0v) is 10.3. The number of phenols is 1. The summed E-state index contributed by atoms with van der Waals surface area (Å²) in [7, 11) is 1.49. The van der Waals surface area contributed by atoms with Gasteiger partial charge in [0.1, 0.15) is 11.3 Å². The molecule has 2 N–H and O–H groups in total. The van der Waals surface area contributed by atoms with Gasteiger partial charge in [0.05, 0.1) is 0 Å². The van der Waals surface area contributed by atoms with E-state index in [1.54, 1.807) is 12.1 Å². The Morgan fingerprint density at radius 3 is 2.78 bits per heavy atom. The van der Waals surface area contributed by atoms with Crippen LogP contribution >= 0.6 is 12.2 Å². The number of rotatable bonds is 1. The van der Waals surface area contributed by atoms with Gasteiger partial charge in [-0.2, -0.15) is 0 Å². The summed E-state index contributed by atoms with van der Waals surface area (Å²) in [5.74, 6) is -0.935. The molecule has 2 rings (SSSR count). The first-order valence-electron chi connectivity index (χ1n) is 5.13. The second-order valence-corrected chi connectivity index (χ2v) is 4.16. The van der Waals surface area contributed by atoms with Gasteiger partial charge in [-0.25, -0.2) is 0 Å². The minimum absolute atomic E-state index is 0.0169. The number of hydrogen-bond acceptors (Lipinski definition) is 4. The summed E-state index contributed by atoms with van der Waals surface area (Å²) in [6.07, 6.45) is 1.41. The van der Waals surface area contributed by atoms with Gasteiger partial charge in [-0.1, -0.05) is 12.1 Å². The molecule has 1 saturated heterocycles. The van der Waals surface area contributed by atoms with Crippen LogP contribution < -0.4 is 5.32 Å². The van der Waals surface area contributed by atoms with Crippen LogP contribution in [-0.4, -0.2) is 34.0 Å². The van der Waals surface area contributed by atoms with Gasteiger partial charge in [-0.05, 0) is 36.0 Å². The first-order valence-corrected chi connectivity index (χ1v) is 5.54. The number of phenolic OH excluding ortho intramolecular Hbond substituents is 1. The molecule has 1 aromatic carbocycles. The van der Waals surface area contributed by atoms with Crippen molar-refractivity contribution in [1.82, 2.24) is 10.2 Å². The van der Waals surface area contributed by atoms with Crippen LogP contribution in [0.25, 0.3) is 6.08 Å². The van der Waals surface area contributed by atoms with Gasteiger partial charge in [0.15, 0.2) is 5.11 Å². The molecule has 1 aromatic rings. The Labute approximate surface area is 109 Å². The summed E-state index contributed by atoms with van der Waals surface area (Å²) in [6, 6.07) is 6.27. The van der Waals surface area contributed by atoms with Gasteiger partial charge < -0.3 is 5.11 Å². The molecule has 0 spiro atoms. The van der Waals surface area contributed by atoms with E-state index in [-0.39, 0.29) is 16.4 Å². The maximum absolute atomic E-state index is 11.9. The third kappa shape index (κ3) is 2.23. The average Bonchev–Trinajstić information content (AvgIpc) is 2.32. The standard InChI is InChI=1S/C12H10N2O3S/c1-14-11(17)9(10(16)13-12(14)18)6-7-3-2-4-8(15)5-7/h2-6,15H,1H3,(H,13,16,18)/b9-6+. The Kier molecular flexibility index (Phi) is 3.12. The van der Waals surface area contributed by atoms with Crippen LogP contribution in [0.15, 0.2) is 29.8 Å². The predicted molar refractivity (Wildman–Crippen MR) is 69.6 cm³/mol. The molecule has 92 valence electrons. The van der Waals surface area contributed by atoms with Gasteiger partial charge in [0, 0.05) is 7.05 Å². The Bertz CT molecular complexity index is 580. The Morgan fingerprint density at radius 2 is 2.11 bits per heavy atom. The summed E-state index contributed by atoms with van der Waals surface area (Å²) in [5, 5.41) is 11.8. The topological polar surface area (TPSA) is 69.6 Å². The maximum atomic E-state index is 11.9. The molecule has 0 radical (unpaired) electrons. The second-order valence-electron chi connectivity index (χ2n) is 3.78. The van der Waals surface area contributed by atoms with E-state index in [0.717, 1.165) is 0 Å². The number of aromatic hydroxyl groups is 1. The molecule has 0 saturated carbocycles. The number of amides is 2. The number of likely N-dealkylation sites (N-methyl/N-ethyl adjacent to an activating group) is 1. The number of hydrogen-bond donors (Lipinski definition) is 2. The van der Waals surface area contributed by atoms with Crippen molar-refractivity contribution in [2.75, 3.05) is 7.05 Å². The largest absolute Gasteiger partial charge is 0.508 e. The van der Waals surface area contributed by atoms with Gasteiger partial charge in [-0.15, -0.1) is 0 Å². The molecule has 1 heterocycles. The molecular formula is C12H10N2O3S. The summed E-state index contributed by atoms with van der Waals surface area (Å²) in [5.41, 5.74) is 0.548. The van der Waals surface area contributed by atoms with Gasteiger partial charge in [0.25, 0.3) is 11.8 Å². The lowest BCUT2D eigenvalue weighted by Crippen LogP contribution is -2.52. The summed E-state index contributed by atoms with van der Waals surface area (Å²) < 4.78 is 0. The van der Waals surface area contributed by atoms with Crippen molar-refractivity contribution >= 4 is 35.2 Å². The van der Waals surface area contributed by atoms with Gasteiger partial charge >= 0.3 is 0 Å². The molecule has 5 nitrogen and oxygen atoms in total. The monoisotopic (exact) mass is 262 g/mol. The Balaban J connectivity index is 2.40. The smallest absolute Gasteiger partial charge is 0.265 e. The molecule has 0 atom stereocenters. The van der Waals surface area contributed by atoms with Crippen LogP contribution in [0, 0.1) is 0 Å². The van der Waals surface area contributed by atoms with Crippen LogP contribution in [0.2, 0.25) is 0 Å². The van der Waals surface area contributed by atoms with Crippen LogP contribution in [-0.2, 0) is 9.59 Å². The molecule has 1 aliphatic rings. The Morgan fingerprint density at radius 1 is 1.39 bits per heavy atom. The molecule has 6 heteroatoms. The van der Waals surface area contributed by atoms with Crippen molar-refractivity contribution < 1.29 is 14.7 Å². The lowest BCUT2D eigenvalue weighted by Gasteiger charge is -2.24. The molecule has 0 unspecified atom stereocenters. The minimum atomic E-state index is -0.536. The summed E-state index contributed by atoms with van der Waals surface area (Å²) >= 11 is 4.83. The van der Waals surface area contributed by atoms with Crippen molar-refractivity contribution in [2.24, 2.45) is 0 Å². The highest BCUT2D eigenvalue weighted by molar-refractivity contribution is 7.80. The van der Waals surface area contributed by atoms with E-state index >= 15 is 0 Å². The molecule has 18 heavy (non-hydrogen) atoms. The molecule has 0 aliphatic carbocycles. The molecular weight excluding hydrogens is 252 g/mol. The van der Waals surface area contributed by atoms with Crippen LogP contribution in [0.3, 0.4) is 0 Å². The fraction of sp³-hybridized carbons (Fsp3) is 0.0833. The van der Waals surface area contributed by atoms with E-state index in [1.165, 1.54) is 30.2 Å². The average molecular weight is 262 g/mol. The highest BCUT2D eigenvalue weighted by Crippen LogP contribution is 2.16. The molecule has 1 fully saturated rings. The SMILES string of the molecule is CN1C(=O)/C(=C/c2cccc(O)c2)C(=O)NC1=S. The zero-order valence-electron chi connectivity index (χ0n) is 9.51. The highest BCUT2D eigenvalue weighted by atomic mass is 32.1. The fourth-order valence-corrected chi connectivity index (χ4v) is 1.70. The first kappa shape index (κ1) is 12.3. The van der Waals surface area contributed by atoms with E-state index in [2.05, 4.69) is 5.32 Å².